The zero-order valence-electron chi connectivity index (χ0n) is 13.4. The molecular formula is C17H21BrN2O3S. The highest BCUT2D eigenvalue weighted by Crippen LogP contribution is 2.20. The Morgan fingerprint density at radius 1 is 1.17 bits per heavy atom. The number of hydrogen-bond acceptors (Lipinski definition) is 4. The first kappa shape index (κ1) is 17.6. The number of carbonyl (C=O) groups is 1. The van der Waals surface area contributed by atoms with Gasteiger partial charge >= 0.3 is 0 Å². The lowest BCUT2D eigenvalue weighted by Crippen LogP contribution is -2.52. The van der Waals surface area contributed by atoms with Crippen LogP contribution < -0.4 is 0 Å². The van der Waals surface area contributed by atoms with Crippen LogP contribution >= 0.6 is 15.9 Å². The highest BCUT2D eigenvalue weighted by atomic mass is 79.9. The number of piperazine rings is 1. The Hall–Kier alpha value is -1.18. The normalized spacial score (nSPS) is 24.5. The predicted octanol–water partition coefficient (Wildman–Crippen LogP) is 1.79. The first-order valence-electron chi connectivity index (χ1n) is 8.11. The molecule has 2 saturated heterocycles. The van der Waals surface area contributed by atoms with E-state index in [1.54, 1.807) is 6.08 Å². The summed E-state index contributed by atoms with van der Waals surface area (Å²) in [6, 6.07) is 7.89. The second kappa shape index (κ2) is 7.37. The molecule has 3 rings (SSSR count). The summed E-state index contributed by atoms with van der Waals surface area (Å²) >= 11 is 3.47. The van der Waals surface area contributed by atoms with Crippen LogP contribution in [0.2, 0.25) is 0 Å². The summed E-state index contributed by atoms with van der Waals surface area (Å²) < 4.78 is 24.2. The van der Waals surface area contributed by atoms with Gasteiger partial charge in [0.2, 0.25) is 5.91 Å². The number of hydrogen-bond donors (Lipinski definition) is 0. The summed E-state index contributed by atoms with van der Waals surface area (Å²) in [5.41, 5.74) is 0.973. The number of carbonyl (C=O) groups excluding carboxylic acids is 1. The molecule has 2 fully saturated rings. The molecule has 24 heavy (non-hydrogen) atoms. The third-order valence-electron chi connectivity index (χ3n) is 4.66. The van der Waals surface area contributed by atoms with E-state index in [4.69, 9.17) is 0 Å². The molecule has 1 amide bonds. The summed E-state index contributed by atoms with van der Waals surface area (Å²) in [6.07, 6.45) is 4.15. The minimum Gasteiger partial charge on any atom is -0.337 e. The molecule has 0 N–H and O–H groups in total. The summed E-state index contributed by atoms with van der Waals surface area (Å²) in [7, 11) is -2.86. The van der Waals surface area contributed by atoms with Crippen LogP contribution in [0.4, 0.5) is 0 Å². The Balaban J connectivity index is 1.53. The van der Waals surface area contributed by atoms with Crippen molar-refractivity contribution < 1.29 is 13.2 Å². The third kappa shape index (κ3) is 4.26. The van der Waals surface area contributed by atoms with Crippen LogP contribution in [0.15, 0.2) is 34.8 Å². The van der Waals surface area contributed by atoms with Gasteiger partial charge < -0.3 is 4.90 Å². The molecule has 5 nitrogen and oxygen atoms in total. The van der Waals surface area contributed by atoms with Crippen molar-refractivity contribution in [3.8, 4) is 0 Å². The van der Waals surface area contributed by atoms with Crippen molar-refractivity contribution in [3.63, 3.8) is 0 Å². The molecule has 2 aliphatic rings. The van der Waals surface area contributed by atoms with Crippen molar-refractivity contribution in [2.45, 2.75) is 12.5 Å². The first-order valence-corrected chi connectivity index (χ1v) is 10.7. The molecule has 0 spiro atoms. The molecule has 2 aliphatic heterocycles. The minimum atomic E-state index is -2.86. The van der Waals surface area contributed by atoms with E-state index in [1.807, 2.05) is 35.2 Å². The summed E-state index contributed by atoms with van der Waals surface area (Å²) in [6.45, 7) is 2.79. The maximum absolute atomic E-state index is 12.3. The Kier molecular flexibility index (Phi) is 5.42. The first-order chi connectivity index (χ1) is 11.4. The van der Waals surface area contributed by atoms with Gasteiger partial charge in [-0.3, -0.25) is 9.69 Å². The lowest BCUT2D eigenvalue weighted by Gasteiger charge is -2.37. The Bertz CT molecular complexity index is 740. The highest BCUT2D eigenvalue weighted by Gasteiger charge is 2.34. The molecule has 2 heterocycles. The molecule has 0 saturated carbocycles. The van der Waals surface area contributed by atoms with E-state index >= 15 is 0 Å². The van der Waals surface area contributed by atoms with Crippen molar-refractivity contribution in [1.29, 1.82) is 0 Å². The van der Waals surface area contributed by atoms with Gasteiger partial charge in [-0.05, 0) is 24.1 Å². The van der Waals surface area contributed by atoms with Crippen molar-refractivity contribution >= 4 is 37.8 Å². The zero-order chi connectivity index (χ0) is 17.2. The molecule has 0 aromatic heterocycles. The molecule has 1 aromatic carbocycles. The van der Waals surface area contributed by atoms with Gasteiger partial charge in [-0.2, -0.15) is 0 Å². The maximum atomic E-state index is 12.3. The van der Waals surface area contributed by atoms with Gasteiger partial charge in [0.25, 0.3) is 0 Å². The lowest BCUT2D eigenvalue weighted by atomic mass is 10.2. The van der Waals surface area contributed by atoms with E-state index in [2.05, 4.69) is 20.8 Å². The van der Waals surface area contributed by atoms with Gasteiger partial charge in [0.05, 0.1) is 11.5 Å². The van der Waals surface area contributed by atoms with Gasteiger partial charge in [-0.15, -0.1) is 0 Å². The van der Waals surface area contributed by atoms with Crippen LogP contribution in [0, 0.1) is 0 Å². The maximum Gasteiger partial charge on any atom is 0.246 e. The molecule has 1 aromatic rings. The van der Waals surface area contributed by atoms with Crippen LogP contribution in [0.3, 0.4) is 0 Å². The number of amides is 1. The van der Waals surface area contributed by atoms with Gasteiger partial charge in [0, 0.05) is 42.8 Å². The van der Waals surface area contributed by atoms with Gasteiger partial charge in [-0.1, -0.05) is 34.1 Å². The van der Waals surface area contributed by atoms with E-state index in [0.29, 0.717) is 18.8 Å². The lowest BCUT2D eigenvalue weighted by molar-refractivity contribution is -0.127. The molecule has 1 atom stereocenters. The molecule has 7 heteroatoms. The number of sulfone groups is 1. The van der Waals surface area contributed by atoms with Gasteiger partial charge in [0.1, 0.15) is 0 Å². The zero-order valence-corrected chi connectivity index (χ0v) is 15.8. The highest BCUT2D eigenvalue weighted by molar-refractivity contribution is 9.10. The average Bonchev–Trinajstić information content (AvgIpc) is 2.94. The Morgan fingerprint density at radius 3 is 2.50 bits per heavy atom. The smallest absolute Gasteiger partial charge is 0.246 e. The van der Waals surface area contributed by atoms with E-state index in [9.17, 15) is 13.2 Å². The molecular weight excluding hydrogens is 392 g/mol. The monoisotopic (exact) mass is 412 g/mol. The number of halogens is 1. The quantitative estimate of drug-likeness (QED) is 0.710. The van der Waals surface area contributed by atoms with Crippen LogP contribution in [0.25, 0.3) is 6.08 Å². The Labute approximate surface area is 151 Å². The van der Waals surface area contributed by atoms with Crippen molar-refractivity contribution in [3.05, 3.63) is 40.4 Å². The number of nitrogens with zero attached hydrogens (tertiary/aromatic N) is 2. The number of benzene rings is 1. The Morgan fingerprint density at radius 2 is 1.88 bits per heavy atom. The SMILES string of the molecule is O=C(/C=C/c1ccccc1Br)N1CCN(C2CCS(=O)(=O)C2)CC1. The van der Waals surface area contributed by atoms with Crippen molar-refractivity contribution in [2.24, 2.45) is 0 Å². The molecule has 1 unspecified atom stereocenters. The summed E-state index contributed by atoms with van der Waals surface area (Å²) in [4.78, 5) is 16.4. The molecule has 130 valence electrons. The van der Waals surface area contributed by atoms with E-state index in [0.717, 1.165) is 29.5 Å². The molecule has 0 bridgehead atoms. The fourth-order valence-electron chi connectivity index (χ4n) is 3.25. The van der Waals surface area contributed by atoms with Crippen LogP contribution in [0.5, 0.6) is 0 Å². The fourth-order valence-corrected chi connectivity index (χ4v) is 5.43. The largest absolute Gasteiger partial charge is 0.337 e. The average molecular weight is 413 g/mol. The van der Waals surface area contributed by atoms with Crippen LogP contribution in [-0.4, -0.2) is 67.9 Å². The van der Waals surface area contributed by atoms with E-state index in [1.165, 1.54) is 0 Å². The van der Waals surface area contributed by atoms with Crippen LogP contribution in [-0.2, 0) is 14.6 Å². The topological polar surface area (TPSA) is 57.7 Å². The molecule has 0 radical (unpaired) electrons. The van der Waals surface area contributed by atoms with Crippen molar-refractivity contribution in [2.75, 3.05) is 37.7 Å². The number of rotatable bonds is 3. The van der Waals surface area contributed by atoms with E-state index in [-0.39, 0.29) is 17.7 Å². The fraction of sp³-hybridized carbons (Fsp3) is 0.471. The third-order valence-corrected chi connectivity index (χ3v) is 7.13. The predicted molar refractivity (Wildman–Crippen MR) is 98.4 cm³/mol. The van der Waals surface area contributed by atoms with Gasteiger partial charge in [-0.25, -0.2) is 8.42 Å². The second-order valence-electron chi connectivity index (χ2n) is 6.27. The van der Waals surface area contributed by atoms with E-state index < -0.39 is 9.84 Å². The summed E-state index contributed by atoms with van der Waals surface area (Å²) in [5, 5.41) is 0. The van der Waals surface area contributed by atoms with Crippen LogP contribution in [0.1, 0.15) is 12.0 Å². The standard InChI is InChI=1S/C17H21BrN2O3S/c18-16-4-2-1-3-14(16)5-6-17(21)20-10-8-19(9-11-20)15-7-12-24(22,23)13-15/h1-6,15H,7-13H2/b6-5+. The van der Waals surface area contributed by atoms with Crippen molar-refractivity contribution in [1.82, 2.24) is 9.80 Å². The molecule has 0 aliphatic carbocycles. The van der Waals surface area contributed by atoms with Gasteiger partial charge in [0.15, 0.2) is 9.84 Å². The minimum absolute atomic E-state index is 0.00412. The summed E-state index contributed by atoms with van der Waals surface area (Å²) in [5.74, 6) is 0.568. The second-order valence-corrected chi connectivity index (χ2v) is 9.36.